The first kappa shape index (κ1) is 16.6. The van der Waals surface area contributed by atoms with Crippen LogP contribution in [0.5, 0.6) is 5.88 Å². The first-order chi connectivity index (χ1) is 12.8. The number of hydrogen-bond donors (Lipinski definition) is 1. The zero-order valence-electron chi connectivity index (χ0n) is 14.0. The summed E-state index contributed by atoms with van der Waals surface area (Å²) in [6, 6.07) is 5.63. The van der Waals surface area contributed by atoms with Gasteiger partial charge in [0.25, 0.3) is 0 Å². The van der Waals surface area contributed by atoms with Crippen molar-refractivity contribution in [3.05, 3.63) is 43.1 Å². The Morgan fingerprint density at radius 2 is 2.42 bits per heavy atom. The fourth-order valence-corrected chi connectivity index (χ4v) is 2.81. The normalized spacial score (nSPS) is 17.8. The van der Waals surface area contributed by atoms with Crippen LogP contribution < -0.4 is 10.1 Å². The molecule has 4 heterocycles. The molecule has 0 unspecified atom stereocenters. The zero-order valence-corrected chi connectivity index (χ0v) is 14.0. The van der Waals surface area contributed by atoms with E-state index < -0.39 is 0 Å². The number of pyridine rings is 2. The quantitative estimate of drug-likeness (QED) is 0.757. The lowest BCUT2D eigenvalue weighted by molar-refractivity contribution is -0.000365. The summed E-state index contributed by atoms with van der Waals surface area (Å²) < 4.78 is 25.3. The van der Waals surface area contributed by atoms with Crippen LogP contribution >= 0.6 is 0 Å². The summed E-state index contributed by atoms with van der Waals surface area (Å²) in [5.41, 5.74) is 2.17. The molecule has 4 rings (SSSR count). The molecule has 1 atom stereocenters. The van der Waals surface area contributed by atoms with Crippen LogP contribution in [0.3, 0.4) is 0 Å². The van der Waals surface area contributed by atoms with E-state index in [1.54, 1.807) is 18.6 Å². The van der Waals surface area contributed by atoms with Gasteiger partial charge in [-0.15, -0.1) is 0 Å². The van der Waals surface area contributed by atoms with Gasteiger partial charge < -0.3 is 14.8 Å². The fourth-order valence-electron chi connectivity index (χ4n) is 2.81. The van der Waals surface area contributed by atoms with Gasteiger partial charge in [-0.05, 0) is 18.2 Å². The highest BCUT2D eigenvalue weighted by Gasteiger charge is 2.16. The van der Waals surface area contributed by atoms with E-state index in [1.165, 1.54) is 10.9 Å². The van der Waals surface area contributed by atoms with E-state index in [-0.39, 0.29) is 6.10 Å². The number of morpholine rings is 1. The van der Waals surface area contributed by atoms with Crippen molar-refractivity contribution in [3.63, 3.8) is 0 Å². The molecule has 26 heavy (non-hydrogen) atoms. The summed E-state index contributed by atoms with van der Waals surface area (Å²) in [6.07, 6.45) is 6.66. The molecule has 1 saturated heterocycles. The summed E-state index contributed by atoms with van der Waals surface area (Å²) in [7, 11) is 0. The van der Waals surface area contributed by atoms with Crippen LogP contribution in [-0.4, -0.2) is 52.2 Å². The molecule has 3 aromatic heterocycles. The lowest BCUT2D eigenvalue weighted by Gasteiger charge is -2.23. The molecular formula is C18H18FN5O2. The Bertz CT molecular complexity index is 921. The molecule has 0 aromatic carbocycles. The summed E-state index contributed by atoms with van der Waals surface area (Å²) in [5, 5.41) is 8.18. The highest BCUT2D eigenvalue weighted by atomic mass is 19.1. The molecular weight excluding hydrogens is 337 g/mol. The average molecular weight is 355 g/mol. The first-order valence-electron chi connectivity index (χ1n) is 8.36. The van der Waals surface area contributed by atoms with Gasteiger partial charge in [0.2, 0.25) is 5.88 Å². The maximum atomic E-state index is 12.3. The summed E-state index contributed by atoms with van der Waals surface area (Å²) in [6.45, 7) is 2.68. The predicted molar refractivity (Wildman–Crippen MR) is 95.3 cm³/mol. The SMILES string of the molecule is F/C=C/n1cc(-c2cc3ncccc3c(OC[C@@H]3CNCCO3)n2)cn1. The van der Waals surface area contributed by atoms with E-state index in [0.717, 1.165) is 29.6 Å². The Hall–Kier alpha value is -2.84. The second kappa shape index (κ2) is 7.59. The minimum absolute atomic E-state index is 0.0154. The van der Waals surface area contributed by atoms with Gasteiger partial charge in [0.15, 0.2) is 0 Å². The van der Waals surface area contributed by atoms with E-state index in [1.807, 2.05) is 18.2 Å². The molecule has 8 heteroatoms. The van der Waals surface area contributed by atoms with Crippen LogP contribution in [-0.2, 0) is 4.74 Å². The van der Waals surface area contributed by atoms with E-state index >= 15 is 0 Å². The molecule has 0 bridgehead atoms. The smallest absolute Gasteiger partial charge is 0.223 e. The van der Waals surface area contributed by atoms with Crippen molar-refractivity contribution in [2.24, 2.45) is 0 Å². The summed E-state index contributed by atoms with van der Waals surface area (Å²) in [4.78, 5) is 9.02. The van der Waals surface area contributed by atoms with Crippen LogP contribution in [0.25, 0.3) is 28.4 Å². The second-order valence-electron chi connectivity index (χ2n) is 5.87. The van der Waals surface area contributed by atoms with Gasteiger partial charge in [-0.25, -0.2) is 14.1 Å². The van der Waals surface area contributed by atoms with E-state index in [9.17, 15) is 4.39 Å². The van der Waals surface area contributed by atoms with Crippen molar-refractivity contribution in [2.45, 2.75) is 6.10 Å². The molecule has 0 radical (unpaired) electrons. The molecule has 0 aliphatic carbocycles. The Morgan fingerprint density at radius 1 is 1.46 bits per heavy atom. The van der Waals surface area contributed by atoms with Gasteiger partial charge in [-0.2, -0.15) is 5.10 Å². The Labute approximate surface area is 149 Å². The number of nitrogens with one attached hydrogen (secondary N) is 1. The molecule has 1 fully saturated rings. The second-order valence-corrected chi connectivity index (χ2v) is 5.87. The molecule has 134 valence electrons. The number of hydrogen-bond acceptors (Lipinski definition) is 6. The Balaban J connectivity index is 1.65. The van der Waals surface area contributed by atoms with Crippen molar-refractivity contribution in [3.8, 4) is 17.1 Å². The van der Waals surface area contributed by atoms with Crippen molar-refractivity contribution in [1.29, 1.82) is 0 Å². The number of rotatable bonds is 5. The van der Waals surface area contributed by atoms with E-state index in [2.05, 4.69) is 20.4 Å². The van der Waals surface area contributed by atoms with Gasteiger partial charge in [-0.3, -0.25) is 4.98 Å². The number of aromatic nitrogens is 4. The van der Waals surface area contributed by atoms with Crippen molar-refractivity contribution in [2.75, 3.05) is 26.3 Å². The predicted octanol–water partition coefficient (Wildman–Crippen LogP) is 2.26. The maximum Gasteiger partial charge on any atom is 0.223 e. The van der Waals surface area contributed by atoms with E-state index in [0.29, 0.717) is 31.1 Å². The van der Waals surface area contributed by atoms with Crippen LogP contribution in [0.2, 0.25) is 0 Å². The lowest BCUT2D eigenvalue weighted by Crippen LogP contribution is -2.41. The third-order valence-corrected chi connectivity index (χ3v) is 4.08. The summed E-state index contributed by atoms with van der Waals surface area (Å²) >= 11 is 0. The standard InChI is InChI=1S/C18H18FN5O2/c19-3-6-24-11-13(9-22-24)16-8-17-15(2-1-4-21-17)18(23-16)26-12-14-10-20-5-7-25-14/h1-4,6,8-9,11,14,20H,5,7,10,12H2/b6-3+/t14-/m0/s1. The minimum atomic E-state index is -0.0154. The van der Waals surface area contributed by atoms with Crippen LogP contribution in [0.1, 0.15) is 0 Å². The topological polar surface area (TPSA) is 74.1 Å². The van der Waals surface area contributed by atoms with Crippen LogP contribution in [0.4, 0.5) is 4.39 Å². The molecule has 3 aromatic rings. The zero-order chi connectivity index (χ0) is 17.8. The third kappa shape index (κ3) is 3.56. The third-order valence-electron chi connectivity index (χ3n) is 4.08. The van der Waals surface area contributed by atoms with Gasteiger partial charge in [-0.1, -0.05) is 0 Å². The molecule has 0 spiro atoms. The van der Waals surface area contributed by atoms with Crippen LogP contribution in [0.15, 0.2) is 43.1 Å². The summed E-state index contributed by atoms with van der Waals surface area (Å²) in [5.74, 6) is 0.494. The molecule has 1 N–H and O–H groups in total. The number of halogens is 1. The number of ether oxygens (including phenoxy) is 2. The monoisotopic (exact) mass is 355 g/mol. The Kier molecular flexibility index (Phi) is 4.85. The molecule has 0 saturated carbocycles. The largest absolute Gasteiger partial charge is 0.474 e. The highest BCUT2D eigenvalue weighted by molar-refractivity contribution is 5.86. The molecule has 1 aliphatic heterocycles. The lowest BCUT2D eigenvalue weighted by atomic mass is 10.2. The van der Waals surface area contributed by atoms with Crippen molar-refractivity contribution >= 4 is 17.1 Å². The molecule has 0 amide bonds. The highest BCUT2D eigenvalue weighted by Crippen LogP contribution is 2.28. The fraction of sp³-hybridized carbons (Fsp3) is 0.278. The van der Waals surface area contributed by atoms with Crippen molar-refractivity contribution in [1.82, 2.24) is 25.1 Å². The van der Waals surface area contributed by atoms with Gasteiger partial charge in [0.05, 0.1) is 35.6 Å². The average Bonchev–Trinajstić information content (AvgIpc) is 3.16. The van der Waals surface area contributed by atoms with Crippen molar-refractivity contribution < 1.29 is 13.9 Å². The van der Waals surface area contributed by atoms with Gasteiger partial charge >= 0.3 is 0 Å². The number of fused-ring (bicyclic) bond motifs is 1. The Morgan fingerprint density at radius 3 is 3.27 bits per heavy atom. The maximum absolute atomic E-state index is 12.3. The van der Waals surface area contributed by atoms with Gasteiger partial charge in [0, 0.05) is 31.0 Å². The number of nitrogens with zero attached hydrogens (tertiary/aromatic N) is 4. The van der Waals surface area contributed by atoms with Gasteiger partial charge in [0.1, 0.15) is 19.0 Å². The van der Waals surface area contributed by atoms with Crippen LogP contribution in [0, 0.1) is 0 Å². The minimum Gasteiger partial charge on any atom is -0.474 e. The molecule has 7 nitrogen and oxygen atoms in total. The first-order valence-corrected chi connectivity index (χ1v) is 8.36. The van der Waals surface area contributed by atoms with E-state index in [4.69, 9.17) is 9.47 Å². The molecule has 1 aliphatic rings.